The van der Waals surface area contributed by atoms with Gasteiger partial charge in [-0.15, -0.1) is 10.1 Å². The third-order valence-corrected chi connectivity index (χ3v) is 10.7. The molecule has 49 heavy (non-hydrogen) atoms. The van der Waals surface area contributed by atoms with Crippen LogP contribution in [0.1, 0.15) is 153 Å². The predicted molar refractivity (Wildman–Crippen MR) is 194 cm³/mol. The van der Waals surface area contributed by atoms with Crippen LogP contribution in [0.2, 0.25) is 0 Å². The molecular formula is C39H66N4O6. The van der Waals surface area contributed by atoms with E-state index in [-0.39, 0.29) is 28.9 Å². The third kappa shape index (κ3) is 8.16. The monoisotopic (exact) mass is 686 g/mol. The minimum absolute atomic E-state index is 0.0422. The Bertz CT molecular complexity index is 1300. The lowest BCUT2D eigenvalue weighted by Gasteiger charge is -2.59. The summed E-state index contributed by atoms with van der Waals surface area (Å²) in [5.41, 5.74) is -2.56. The number of carbonyl (C=O) groups is 4. The SMILES string of the molecule is CCC1(CC)C(=O)N(C(C)(C)C)CC(C)(C)N1OC(C)=O.CCC1(CC)CN(C(C)(C)C)C(=O)C(CC)(CC)N1OC(=O)c1ccccc1. The minimum atomic E-state index is -0.859. The average Bonchev–Trinajstić information content (AvgIpc) is 3.03. The molecule has 0 spiro atoms. The van der Waals surface area contributed by atoms with E-state index in [0.717, 1.165) is 12.8 Å². The lowest BCUT2D eigenvalue weighted by Crippen LogP contribution is -2.76. The van der Waals surface area contributed by atoms with Gasteiger partial charge in [-0.2, -0.15) is 0 Å². The van der Waals surface area contributed by atoms with Crippen molar-refractivity contribution in [2.45, 2.75) is 176 Å². The molecule has 0 aromatic heterocycles. The van der Waals surface area contributed by atoms with Crippen LogP contribution in [-0.4, -0.2) is 90.0 Å². The van der Waals surface area contributed by atoms with Gasteiger partial charge in [0.15, 0.2) is 0 Å². The van der Waals surface area contributed by atoms with Crippen LogP contribution in [0.5, 0.6) is 0 Å². The summed E-state index contributed by atoms with van der Waals surface area (Å²) in [5, 5.41) is 3.42. The number of carbonyl (C=O) groups excluding carboxylic acids is 4. The second kappa shape index (κ2) is 15.5. The molecule has 10 nitrogen and oxygen atoms in total. The molecule has 0 aliphatic carbocycles. The van der Waals surface area contributed by atoms with Crippen molar-refractivity contribution in [2.24, 2.45) is 0 Å². The van der Waals surface area contributed by atoms with E-state index in [1.165, 1.54) is 6.92 Å². The van der Waals surface area contributed by atoms with Crippen LogP contribution in [0.25, 0.3) is 0 Å². The fourth-order valence-corrected chi connectivity index (χ4v) is 7.42. The Balaban J connectivity index is 0.000000355. The Morgan fingerprint density at radius 3 is 1.43 bits per heavy atom. The second-order valence-electron chi connectivity index (χ2n) is 16.3. The molecule has 2 aliphatic rings. The van der Waals surface area contributed by atoms with Crippen molar-refractivity contribution in [3.05, 3.63) is 35.9 Å². The topological polar surface area (TPSA) is 99.7 Å². The quantitative estimate of drug-likeness (QED) is 0.263. The molecule has 0 saturated carbocycles. The van der Waals surface area contributed by atoms with Crippen LogP contribution in [0, 0.1) is 0 Å². The number of hydrogen-bond acceptors (Lipinski definition) is 8. The highest BCUT2D eigenvalue weighted by atomic mass is 16.7. The summed E-state index contributed by atoms with van der Waals surface area (Å²) in [6.07, 6.45) is 3.94. The summed E-state index contributed by atoms with van der Waals surface area (Å²) in [7, 11) is 0. The van der Waals surface area contributed by atoms with Gasteiger partial charge in [-0.05, 0) is 106 Å². The van der Waals surface area contributed by atoms with Gasteiger partial charge in [-0.1, -0.05) is 59.7 Å². The normalized spacial score (nSPS) is 20.7. The number of hydroxylamine groups is 4. The highest BCUT2D eigenvalue weighted by molar-refractivity contribution is 5.91. The van der Waals surface area contributed by atoms with E-state index >= 15 is 0 Å². The van der Waals surface area contributed by atoms with E-state index in [9.17, 15) is 19.2 Å². The molecule has 0 bridgehead atoms. The van der Waals surface area contributed by atoms with E-state index in [1.807, 2.05) is 90.3 Å². The van der Waals surface area contributed by atoms with Gasteiger partial charge < -0.3 is 19.5 Å². The van der Waals surface area contributed by atoms with Crippen molar-refractivity contribution < 1.29 is 28.9 Å². The maximum atomic E-state index is 13.7. The minimum Gasteiger partial charge on any atom is -0.367 e. The molecule has 0 atom stereocenters. The number of benzene rings is 1. The number of amides is 2. The molecule has 2 amide bonds. The molecule has 2 saturated heterocycles. The van der Waals surface area contributed by atoms with Gasteiger partial charge in [-0.25, -0.2) is 4.79 Å². The number of hydrogen-bond donors (Lipinski definition) is 0. The van der Waals surface area contributed by atoms with E-state index in [4.69, 9.17) is 9.68 Å². The fraction of sp³-hybridized carbons (Fsp3) is 0.744. The Labute approximate surface area is 296 Å². The zero-order chi connectivity index (χ0) is 37.8. The first-order valence-electron chi connectivity index (χ1n) is 18.2. The van der Waals surface area contributed by atoms with Gasteiger partial charge in [0.05, 0.1) is 16.6 Å². The molecule has 10 heteroatoms. The summed E-state index contributed by atoms with van der Waals surface area (Å²) >= 11 is 0. The number of nitrogens with zero attached hydrogens (tertiary/aromatic N) is 4. The Kier molecular flexibility index (Phi) is 13.3. The Morgan fingerprint density at radius 2 is 1.06 bits per heavy atom. The van der Waals surface area contributed by atoms with Crippen LogP contribution >= 0.6 is 0 Å². The summed E-state index contributed by atoms with van der Waals surface area (Å²) in [6.45, 7) is 31.0. The van der Waals surface area contributed by atoms with Crippen LogP contribution < -0.4 is 0 Å². The largest absolute Gasteiger partial charge is 0.367 e. The van der Waals surface area contributed by atoms with Crippen molar-refractivity contribution in [1.29, 1.82) is 0 Å². The number of rotatable bonds is 9. The predicted octanol–water partition coefficient (Wildman–Crippen LogP) is 7.56. The molecule has 0 radical (unpaired) electrons. The lowest BCUT2D eigenvalue weighted by atomic mass is 9.77. The maximum absolute atomic E-state index is 13.7. The fourth-order valence-electron chi connectivity index (χ4n) is 7.42. The molecule has 0 N–H and O–H groups in total. The third-order valence-electron chi connectivity index (χ3n) is 10.7. The van der Waals surface area contributed by atoms with Crippen LogP contribution in [-0.2, 0) is 24.1 Å². The summed E-state index contributed by atoms with van der Waals surface area (Å²) < 4.78 is 0. The Hall–Kier alpha value is -2.98. The zero-order valence-electron chi connectivity index (χ0n) is 33.3. The summed E-state index contributed by atoms with van der Waals surface area (Å²) in [5.74, 6) is -0.703. The second-order valence-corrected chi connectivity index (χ2v) is 16.3. The van der Waals surface area contributed by atoms with Crippen LogP contribution in [0.15, 0.2) is 30.3 Å². The first-order valence-corrected chi connectivity index (χ1v) is 18.2. The molecule has 1 aromatic carbocycles. The van der Waals surface area contributed by atoms with E-state index in [1.54, 1.807) is 22.3 Å². The summed E-state index contributed by atoms with van der Waals surface area (Å²) in [4.78, 5) is 66.7. The van der Waals surface area contributed by atoms with Crippen molar-refractivity contribution in [3.8, 4) is 0 Å². The molecule has 0 unspecified atom stereocenters. The van der Waals surface area contributed by atoms with Gasteiger partial charge in [-0.3, -0.25) is 14.4 Å². The standard InChI is InChI=1S/C23H36N2O3.C16H30N2O3/c1-8-22(9-2)17-24(21(5,6)7)20(27)23(10-3,11-4)25(22)28-19(26)18-15-13-12-14-16-18;1-9-16(10-2)13(20)17(14(4,5)6)11-15(7,8)18(16)21-12(3)19/h12-16H,8-11,17H2,1-7H3;9-11H2,1-8H3. The van der Waals surface area contributed by atoms with Gasteiger partial charge in [0.2, 0.25) is 11.8 Å². The van der Waals surface area contributed by atoms with Crippen molar-refractivity contribution in [2.75, 3.05) is 13.1 Å². The van der Waals surface area contributed by atoms with E-state index in [2.05, 4.69) is 34.6 Å². The molecule has 2 fully saturated rings. The average molecular weight is 687 g/mol. The van der Waals surface area contributed by atoms with Crippen molar-refractivity contribution in [3.63, 3.8) is 0 Å². The van der Waals surface area contributed by atoms with Crippen LogP contribution in [0.3, 0.4) is 0 Å². The van der Waals surface area contributed by atoms with Gasteiger partial charge in [0, 0.05) is 31.1 Å². The highest BCUT2D eigenvalue weighted by Gasteiger charge is 2.61. The zero-order valence-corrected chi connectivity index (χ0v) is 33.3. The highest BCUT2D eigenvalue weighted by Crippen LogP contribution is 2.44. The summed E-state index contributed by atoms with van der Waals surface area (Å²) in [6, 6.07) is 8.99. The van der Waals surface area contributed by atoms with Gasteiger partial charge in [0.1, 0.15) is 11.1 Å². The molecule has 3 rings (SSSR count). The van der Waals surface area contributed by atoms with Gasteiger partial charge >= 0.3 is 11.9 Å². The van der Waals surface area contributed by atoms with Gasteiger partial charge in [0.25, 0.3) is 0 Å². The van der Waals surface area contributed by atoms with Crippen LogP contribution in [0.4, 0.5) is 0 Å². The number of piperazine rings is 2. The van der Waals surface area contributed by atoms with Crippen molar-refractivity contribution >= 4 is 23.8 Å². The van der Waals surface area contributed by atoms with E-state index < -0.39 is 28.1 Å². The molecule has 278 valence electrons. The first-order chi connectivity index (χ1) is 22.5. The molecule has 2 heterocycles. The first kappa shape index (κ1) is 42.2. The van der Waals surface area contributed by atoms with E-state index in [0.29, 0.717) is 44.3 Å². The Morgan fingerprint density at radius 1 is 0.653 bits per heavy atom. The molecule has 1 aromatic rings. The molecular weight excluding hydrogens is 620 g/mol. The smallest absolute Gasteiger partial charge is 0.357 e. The molecule has 2 aliphatic heterocycles. The maximum Gasteiger partial charge on any atom is 0.357 e. The lowest BCUT2D eigenvalue weighted by molar-refractivity contribution is -0.275. The van der Waals surface area contributed by atoms with Crippen molar-refractivity contribution in [1.82, 2.24) is 19.9 Å².